The topological polar surface area (TPSA) is 63.2 Å². The number of hydrogen-bond acceptors (Lipinski definition) is 5. The predicted molar refractivity (Wildman–Crippen MR) is 89.5 cm³/mol. The van der Waals surface area contributed by atoms with Gasteiger partial charge in [-0.2, -0.15) is 0 Å². The van der Waals surface area contributed by atoms with Crippen LogP contribution in [-0.4, -0.2) is 64.6 Å². The van der Waals surface area contributed by atoms with Gasteiger partial charge >= 0.3 is 0 Å². The van der Waals surface area contributed by atoms with Crippen molar-refractivity contribution in [2.45, 2.75) is 57.7 Å². The zero-order valence-corrected chi connectivity index (χ0v) is 14.2. The van der Waals surface area contributed by atoms with Crippen molar-refractivity contribution in [3.05, 3.63) is 11.9 Å². The summed E-state index contributed by atoms with van der Waals surface area (Å²) in [4.78, 5) is 4.97. The Labute approximate surface area is 134 Å². The molecule has 2 N–H and O–H groups in total. The second-order valence-electron chi connectivity index (χ2n) is 6.61. The van der Waals surface area contributed by atoms with Crippen LogP contribution >= 0.6 is 0 Å². The van der Waals surface area contributed by atoms with Crippen LogP contribution < -0.4 is 5.73 Å². The van der Waals surface area contributed by atoms with E-state index in [2.05, 4.69) is 34.2 Å². The largest absolute Gasteiger partial charge is 0.325 e. The van der Waals surface area contributed by atoms with Gasteiger partial charge in [0.15, 0.2) is 0 Å². The van der Waals surface area contributed by atoms with E-state index in [-0.39, 0.29) is 0 Å². The van der Waals surface area contributed by atoms with Crippen molar-refractivity contribution in [1.29, 1.82) is 0 Å². The first-order valence-corrected chi connectivity index (χ1v) is 8.67. The molecule has 22 heavy (non-hydrogen) atoms. The zero-order chi connectivity index (χ0) is 15.8. The Kier molecular flexibility index (Phi) is 7.29. The van der Waals surface area contributed by atoms with E-state index in [0.717, 1.165) is 37.8 Å². The Morgan fingerprint density at radius 2 is 1.95 bits per heavy atom. The SMILES string of the molecule is CN(CCCn1cc(CN)nn1)CCN(C)C1CCCCC1. The highest BCUT2D eigenvalue weighted by Gasteiger charge is 2.17. The van der Waals surface area contributed by atoms with Gasteiger partial charge in [-0.15, -0.1) is 5.10 Å². The van der Waals surface area contributed by atoms with Gasteiger partial charge in [0.1, 0.15) is 0 Å². The zero-order valence-electron chi connectivity index (χ0n) is 14.2. The van der Waals surface area contributed by atoms with E-state index in [1.165, 1.54) is 38.6 Å². The van der Waals surface area contributed by atoms with Gasteiger partial charge in [-0.25, -0.2) is 0 Å². The van der Waals surface area contributed by atoms with Crippen LogP contribution in [0.25, 0.3) is 0 Å². The molecule has 1 aromatic rings. The molecule has 0 unspecified atom stereocenters. The lowest BCUT2D eigenvalue weighted by Gasteiger charge is -2.32. The van der Waals surface area contributed by atoms with Gasteiger partial charge in [0, 0.05) is 38.4 Å². The molecule has 0 radical (unpaired) electrons. The fourth-order valence-corrected chi connectivity index (χ4v) is 3.19. The lowest BCUT2D eigenvalue weighted by molar-refractivity contribution is 0.169. The summed E-state index contributed by atoms with van der Waals surface area (Å²) >= 11 is 0. The van der Waals surface area contributed by atoms with Gasteiger partial charge in [0.2, 0.25) is 0 Å². The molecule has 2 rings (SSSR count). The van der Waals surface area contributed by atoms with Gasteiger partial charge in [-0.05, 0) is 39.9 Å². The third-order valence-electron chi connectivity index (χ3n) is 4.75. The highest BCUT2D eigenvalue weighted by Crippen LogP contribution is 2.21. The molecule has 0 aromatic carbocycles. The Hall–Kier alpha value is -0.980. The minimum atomic E-state index is 0.466. The summed E-state index contributed by atoms with van der Waals surface area (Å²) in [5, 5.41) is 8.09. The number of nitrogens with two attached hydrogens (primary N) is 1. The third-order valence-corrected chi connectivity index (χ3v) is 4.75. The van der Waals surface area contributed by atoms with Crippen molar-refractivity contribution in [2.75, 3.05) is 33.7 Å². The van der Waals surface area contributed by atoms with Crippen molar-refractivity contribution < 1.29 is 0 Å². The summed E-state index contributed by atoms with van der Waals surface area (Å²) in [6.45, 7) is 4.78. The van der Waals surface area contributed by atoms with Crippen molar-refractivity contribution in [3.63, 3.8) is 0 Å². The lowest BCUT2D eigenvalue weighted by atomic mass is 9.94. The van der Waals surface area contributed by atoms with Crippen LogP contribution in [0.5, 0.6) is 0 Å². The van der Waals surface area contributed by atoms with Gasteiger partial charge in [-0.1, -0.05) is 24.5 Å². The van der Waals surface area contributed by atoms with E-state index in [9.17, 15) is 0 Å². The first kappa shape index (κ1) is 17.4. The molecule has 6 nitrogen and oxygen atoms in total. The molecule has 0 saturated heterocycles. The first-order valence-electron chi connectivity index (χ1n) is 8.67. The number of nitrogens with zero attached hydrogens (tertiary/aromatic N) is 5. The summed E-state index contributed by atoms with van der Waals surface area (Å²) in [7, 11) is 4.49. The van der Waals surface area contributed by atoms with E-state index >= 15 is 0 Å². The van der Waals surface area contributed by atoms with E-state index in [1.54, 1.807) is 0 Å². The number of aryl methyl sites for hydroxylation is 1. The Morgan fingerprint density at radius 1 is 1.18 bits per heavy atom. The summed E-state index contributed by atoms with van der Waals surface area (Å²) in [5.41, 5.74) is 6.40. The van der Waals surface area contributed by atoms with Gasteiger partial charge in [0.25, 0.3) is 0 Å². The first-order chi connectivity index (χ1) is 10.7. The molecule has 1 fully saturated rings. The molecule has 1 saturated carbocycles. The van der Waals surface area contributed by atoms with E-state index < -0.39 is 0 Å². The summed E-state index contributed by atoms with van der Waals surface area (Å²) in [6.07, 6.45) is 10.1. The summed E-state index contributed by atoms with van der Waals surface area (Å²) in [5.74, 6) is 0. The number of hydrogen-bond donors (Lipinski definition) is 1. The molecule has 0 bridgehead atoms. The molecule has 1 aromatic heterocycles. The molecular formula is C16H32N6. The average Bonchev–Trinajstić information content (AvgIpc) is 3.01. The second kappa shape index (κ2) is 9.22. The molecular weight excluding hydrogens is 276 g/mol. The molecule has 0 spiro atoms. The predicted octanol–water partition coefficient (Wildman–Crippen LogP) is 1.32. The van der Waals surface area contributed by atoms with E-state index in [0.29, 0.717) is 6.54 Å². The Balaban J connectivity index is 1.58. The van der Waals surface area contributed by atoms with Crippen molar-refractivity contribution >= 4 is 0 Å². The second-order valence-corrected chi connectivity index (χ2v) is 6.61. The highest BCUT2D eigenvalue weighted by atomic mass is 15.4. The van der Waals surface area contributed by atoms with E-state index in [4.69, 9.17) is 5.73 Å². The monoisotopic (exact) mass is 308 g/mol. The van der Waals surface area contributed by atoms with Gasteiger partial charge in [0.05, 0.1) is 5.69 Å². The van der Waals surface area contributed by atoms with Crippen molar-refractivity contribution in [2.24, 2.45) is 5.73 Å². The highest BCUT2D eigenvalue weighted by molar-refractivity contribution is 4.90. The van der Waals surface area contributed by atoms with Gasteiger partial charge < -0.3 is 15.5 Å². The Bertz CT molecular complexity index is 413. The number of likely N-dealkylation sites (N-methyl/N-ethyl adjacent to an activating group) is 2. The molecule has 126 valence electrons. The Morgan fingerprint density at radius 3 is 2.64 bits per heavy atom. The van der Waals surface area contributed by atoms with Gasteiger partial charge in [-0.3, -0.25) is 4.68 Å². The van der Waals surface area contributed by atoms with Crippen LogP contribution in [0.4, 0.5) is 0 Å². The standard InChI is InChI=1S/C16H32N6/c1-20(9-6-10-22-14-15(13-17)18-19-22)11-12-21(2)16-7-4-3-5-8-16/h14,16H,3-13,17H2,1-2H3. The number of aromatic nitrogens is 3. The average molecular weight is 308 g/mol. The molecule has 1 aliphatic rings. The normalized spacial score (nSPS) is 16.8. The fraction of sp³-hybridized carbons (Fsp3) is 0.875. The minimum absolute atomic E-state index is 0.466. The van der Waals surface area contributed by atoms with E-state index in [1.807, 2.05) is 10.9 Å². The van der Waals surface area contributed by atoms with Crippen molar-refractivity contribution in [3.8, 4) is 0 Å². The molecule has 1 aliphatic carbocycles. The van der Waals surface area contributed by atoms with Crippen LogP contribution in [0.2, 0.25) is 0 Å². The quantitative estimate of drug-likeness (QED) is 0.745. The fourth-order valence-electron chi connectivity index (χ4n) is 3.19. The van der Waals surface area contributed by atoms with Crippen LogP contribution in [0.3, 0.4) is 0 Å². The number of rotatable bonds is 9. The van der Waals surface area contributed by atoms with Crippen LogP contribution in [0.15, 0.2) is 6.20 Å². The molecule has 0 amide bonds. The van der Waals surface area contributed by atoms with Crippen LogP contribution in [0, 0.1) is 0 Å². The summed E-state index contributed by atoms with van der Waals surface area (Å²) in [6, 6.07) is 0.812. The van der Waals surface area contributed by atoms with Crippen LogP contribution in [-0.2, 0) is 13.1 Å². The van der Waals surface area contributed by atoms with Crippen LogP contribution in [0.1, 0.15) is 44.2 Å². The lowest BCUT2D eigenvalue weighted by Crippen LogP contribution is -2.38. The molecule has 6 heteroatoms. The summed E-state index contributed by atoms with van der Waals surface area (Å²) < 4.78 is 1.89. The maximum absolute atomic E-state index is 5.54. The molecule has 0 atom stereocenters. The molecule has 1 heterocycles. The minimum Gasteiger partial charge on any atom is -0.325 e. The third kappa shape index (κ3) is 5.66. The maximum Gasteiger partial charge on any atom is 0.0962 e. The smallest absolute Gasteiger partial charge is 0.0962 e. The van der Waals surface area contributed by atoms with Crippen molar-refractivity contribution in [1.82, 2.24) is 24.8 Å². The molecule has 0 aliphatic heterocycles. The maximum atomic E-state index is 5.54.